The number of carbonyl (C=O) groups excluding carboxylic acids is 1. The number of amides is 1. The normalized spacial score (nSPS) is 18.4. The molecular formula is C25H26ClN2NaO4S. The second-order valence-corrected chi connectivity index (χ2v) is 10.9. The predicted molar refractivity (Wildman–Crippen MR) is 130 cm³/mol. The van der Waals surface area contributed by atoms with Crippen LogP contribution in [0.4, 0.5) is 0 Å². The van der Waals surface area contributed by atoms with E-state index in [1.54, 1.807) is 18.2 Å². The van der Waals surface area contributed by atoms with E-state index >= 15 is 0 Å². The second kappa shape index (κ2) is 12.0. The number of hydrogen-bond donors (Lipinski definition) is 1. The summed E-state index contributed by atoms with van der Waals surface area (Å²) in [5, 5.41) is 13.1. The Bertz CT molecular complexity index is 1250. The number of hydroxylamine groups is 1. The molecule has 0 radical (unpaired) electrons. The van der Waals surface area contributed by atoms with E-state index in [0.717, 1.165) is 16.3 Å². The zero-order valence-corrected chi connectivity index (χ0v) is 22.7. The van der Waals surface area contributed by atoms with Crippen LogP contribution in [0.2, 0.25) is 5.02 Å². The third kappa shape index (κ3) is 6.21. The van der Waals surface area contributed by atoms with Gasteiger partial charge in [0.25, 0.3) is 0 Å². The van der Waals surface area contributed by atoms with E-state index in [9.17, 15) is 18.4 Å². The molecule has 0 aromatic heterocycles. The molecule has 0 unspecified atom stereocenters. The summed E-state index contributed by atoms with van der Waals surface area (Å²) in [4.78, 5) is 11.9. The molecule has 1 amide bonds. The first-order chi connectivity index (χ1) is 15.9. The first-order valence-electron chi connectivity index (χ1n) is 11.0. The summed E-state index contributed by atoms with van der Waals surface area (Å²) in [5.74, 6) is -0.684. The van der Waals surface area contributed by atoms with E-state index in [4.69, 9.17) is 11.6 Å². The number of nitrogens with one attached hydrogen (secondary N) is 1. The summed E-state index contributed by atoms with van der Waals surface area (Å²) in [5.41, 5.74) is 2.22. The topological polar surface area (TPSA) is 89.5 Å². The van der Waals surface area contributed by atoms with E-state index in [-0.39, 0.29) is 52.8 Å². The number of rotatable bonds is 7. The van der Waals surface area contributed by atoms with Crippen molar-refractivity contribution in [3.63, 3.8) is 0 Å². The second-order valence-electron chi connectivity index (χ2n) is 8.58. The fourth-order valence-corrected chi connectivity index (χ4v) is 6.25. The molecule has 1 N–H and O–H groups in total. The zero-order chi connectivity index (χ0) is 23.4. The Morgan fingerprint density at radius 3 is 2.29 bits per heavy atom. The van der Waals surface area contributed by atoms with Crippen LogP contribution in [0, 0.1) is 17.0 Å². The van der Waals surface area contributed by atoms with Crippen LogP contribution in [0.5, 0.6) is 0 Å². The smallest absolute Gasteiger partial charge is 0.759 e. The minimum atomic E-state index is -3.80. The van der Waals surface area contributed by atoms with Crippen molar-refractivity contribution in [3.8, 4) is 0 Å². The minimum absolute atomic E-state index is 0. The molecule has 174 valence electrons. The van der Waals surface area contributed by atoms with Crippen molar-refractivity contribution in [2.24, 2.45) is 11.8 Å². The van der Waals surface area contributed by atoms with Crippen molar-refractivity contribution in [1.82, 2.24) is 9.79 Å². The van der Waals surface area contributed by atoms with Crippen molar-refractivity contribution in [3.05, 3.63) is 82.5 Å². The van der Waals surface area contributed by atoms with E-state index < -0.39 is 15.9 Å². The Labute approximate surface area is 227 Å². The van der Waals surface area contributed by atoms with Crippen molar-refractivity contribution in [2.75, 3.05) is 6.54 Å². The number of halogens is 1. The Morgan fingerprint density at radius 1 is 0.971 bits per heavy atom. The largest absolute Gasteiger partial charge is 1.00 e. The molecule has 3 aromatic rings. The van der Waals surface area contributed by atoms with Gasteiger partial charge in [-0.2, -0.15) is 4.31 Å². The van der Waals surface area contributed by atoms with E-state index in [2.05, 4.69) is 0 Å². The fourth-order valence-electron chi connectivity index (χ4n) is 4.52. The number of nitrogens with zero attached hydrogens (tertiary/aromatic N) is 1. The molecule has 6 nitrogen and oxygen atoms in total. The number of fused-ring (bicyclic) bond motifs is 1. The molecular weight excluding hydrogens is 483 g/mol. The molecule has 0 saturated heterocycles. The van der Waals surface area contributed by atoms with Gasteiger partial charge in [0.05, 0.1) is 4.90 Å². The van der Waals surface area contributed by atoms with Crippen LogP contribution in [-0.2, 0) is 21.4 Å². The number of hydrogen-bond acceptors (Lipinski definition) is 4. The maximum atomic E-state index is 13.8. The molecule has 0 aliphatic heterocycles. The van der Waals surface area contributed by atoms with Crippen LogP contribution < -0.4 is 35.0 Å². The van der Waals surface area contributed by atoms with Gasteiger partial charge in [-0.25, -0.2) is 8.42 Å². The quantitative estimate of drug-likeness (QED) is 0.391. The van der Waals surface area contributed by atoms with Gasteiger partial charge in [0, 0.05) is 24.0 Å². The van der Waals surface area contributed by atoms with Gasteiger partial charge < -0.3 is 10.7 Å². The Morgan fingerprint density at radius 2 is 1.62 bits per heavy atom. The number of sulfonamides is 1. The van der Waals surface area contributed by atoms with Gasteiger partial charge in [0.1, 0.15) is 0 Å². The van der Waals surface area contributed by atoms with Crippen LogP contribution >= 0.6 is 11.6 Å². The third-order valence-electron chi connectivity index (χ3n) is 6.44. The molecule has 0 spiro atoms. The number of carbonyl (C=O) groups is 1. The Hall–Kier alpha value is -1.45. The standard InChI is InChI=1S/C25H26ClN2O4S.Na/c26-24-8-4-3-7-22(24)17-28(16-18-9-11-20(12-10-18)25(29)27-30)33(31,32)23-14-13-19-5-1-2-6-21(19)15-23;/h1-8,13-15,18,20H,9-12,16-17H2,(H-,27,29,30);/q-1;+1. The van der Waals surface area contributed by atoms with Crippen molar-refractivity contribution in [2.45, 2.75) is 37.1 Å². The molecule has 1 saturated carbocycles. The van der Waals surface area contributed by atoms with Crippen molar-refractivity contribution >= 4 is 38.3 Å². The van der Waals surface area contributed by atoms with E-state index in [1.807, 2.05) is 48.5 Å². The molecule has 4 rings (SSSR count). The van der Waals surface area contributed by atoms with Gasteiger partial charge in [0.2, 0.25) is 15.9 Å². The van der Waals surface area contributed by atoms with Crippen LogP contribution in [0.25, 0.3) is 10.8 Å². The van der Waals surface area contributed by atoms with Crippen molar-refractivity contribution in [1.29, 1.82) is 0 Å². The number of benzene rings is 3. The zero-order valence-electron chi connectivity index (χ0n) is 19.1. The molecule has 1 aliphatic carbocycles. The predicted octanol–water partition coefficient (Wildman–Crippen LogP) is 2.11. The van der Waals surface area contributed by atoms with Gasteiger partial charge in [-0.15, -0.1) is 0 Å². The SMILES string of the molecule is O=C(N[O-])C1CCC(CN(Cc2ccccc2Cl)S(=O)(=O)c2ccc3ccccc3c2)CC1.[Na+]. The summed E-state index contributed by atoms with van der Waals surface area (Å²) in [6.45, 7) is 0.488. The van der Waals surface area contributed by atoms with Gasteiger partial charge in [-0.3, -0.25) is 4.79 Å². The first kappa shape index (κ1) is 27.1. The molecule has 0 heterocycles. The van der Waals surface area contributed by atoms with Crippen LogP contribution in [0.3, 0.4) is 0 Å². The van der Waals surface area contributed by atoms with Crippen LogP contribution in [0.1, 0.15) is 31.2 Å². The molecule has 9 heteroatoms. The summed E-state index contributed by atoms with van der Waals surface area (Å²) in [6.07, 6.45) is 2.53. The maximum absolute atomic E-state index is 13.8. The minimum Gasteiger partial charge on any atom is -0.759 e. The first-order valence-corrected chi connectivity index (χ1v) is 12.8. The van der Waals surface area contributed by atoms with Gasteiger partial charge >= 0.3 is 29.6 Å². The van der Waals surface area contributed by atoms with Crippen LogP contribution in [-0.4, -0.2) is 25.2 Å². The Balaban J connectivity index is 0.00000324. The van der Waals surface area contributed by atoms with Gasteiger partial charge in [0.15, 0.2) is 0 Å². The average molecular weight is 509 g/mol. The molecule has 1 fully saturated rings. The molecule has 0 bridgehead atoms. The summed E-state index contributed by atoms with van der Waals surface area (Å²) in [7, 11) is -3.80. The van der Waals surface area contributed by atoms with Gasteiger partial charge in [-0.1, -0.05) is 60.1 Å². The maximum Gasteiger partial charge on any atom is 1.00 e. The van der Waals surface area contributed by atoms with Crippen molar-refractivity contribution < 1.29 is 42.8 Å². The Kier molecular flexibility index (Phi) is 9.57. The molecule has 34 heavy (non-hydrogen) atoms. The fraction of sp³-hybridized carbons (Fsp3) is 0.320. The monoisotopic (exact) mass is 508 g/mol. The molecule has 3 aromatic carbocycles. The van der Waals surface area contributed by atoms with Crippen LogP contribution in [0.15, 0.2) is 71.6 Å². The average Bonchev–Trinajstić information content (AvgIpc) is 2.84. The molecule has 0 atom stereocenters. The van der Waals surface area contributed by atoms with E-state index in [1.165, 1.54) is 9.79 Å². The summed E-state index contributed by atoms with van der Waals surface area (Å²) < 4.78 is 29.0. The molecule has 1 aliphatic rings. The summed E-state index contributed by atoms with van der Waals surface area (Å²) in [6, 6.07) is 20.1. The third-order valence-corrected chi connectivity index (χ3v) is 8.62. The van der Waals surface area contributed by atoms with E-state index in [0.29, 0.717) is 37.3 Å². The van der Waals surface area contributed by atoms with Gasteiger partial charge in [-0.05, 0) is 66.1 Å². The summed E-state index contributed by atoms with van der Waals surface area (Å²) >= 11 is 6.36.